The molecule has 1 aliphatic heterocycles. The predicted octanol–water partition coefficient (Wildman–Crippen LogP) is 3.87. The van der Waals surface area contributed by atoms with Crippen LogP contribution in [0.4, 0.5) is 0 Å². The Kier molecular flexibility index (Phi) is 7.01. The number of aromatic nitrogens is 2. The summed E-state index contributed by atoms with van der Waals surface area (Å²) in [4.78, 5) is 26.7. The number of nitrogens with zero attached hydrogens (tertiary/aromatic N) is 4. The van der Waals surface area contributed by atoms with Gasteiger partial charge in [0.1, 0.15) is 17.3 Å². The molecule has 1 aliphatic rings. The SMILES string of the molecule is CCCn1c(C)cc(/C=C(\C#N)C(=O)N2CCC(n3cccc3C(=O)OC)CC2)c1C. The zero-order chi connectivity index (χ0) is 22.5. The molecule has 1 saturated heterocycles. The van der Waals surface area contributed by atoms with Crippen molar-refractivity contribution >= 4 is 18.0 Å². The van der Waals surface area contributed by atoms with Crippen molar-refractivity contribution < 1.29 is 14.3 Å². The van der Waals surface area contributed by atoms with Gasteiger partial charge in [0.05, 0.1) is 7.11 Å². The Bertz CT molecular complexity index is 1030. The predicted molar refractivity (Wildman–Crippen MR) is 118 cm³/mol. The summed E-state index contributed by atoms with van der Waals surface area (Å²) in [5, 5.41) is 9.66. The van der Waals surface area contributed by atoms with Gasteiger partial charge in [-0.05, 0) is 62.9 Å². The molecule has 0 N–H and O–H groups in total. The standard InChI is InChI=1S/C24H30N4O3/c1-5-10-27-17(2)14-19(18(27)3)15-20(16-25)23(29)26-12-8-21(9-13-26)28-11-6-7-22(28)24(30)31-4/h6-7,11,14-15,21H,5,8-10,12-13H2,1-4H3/b20-15+. The van der Waals surface area contributed by atoms with Gasteiger partial charge < -0.3 is 18.8 Å². The smallest absolute Gasteiger partial charge is 0.354 e. The van der Waals surface area contributed by atoms with Crippen molar-refractivity contribution in [1.82, 2.24) is 14.0 Å². The van der Waals surface area contributed by atoms with Crippen LogP contribution in [0.1, 0.15) is 59.7 Å². The zero-order valence-corrected chi connectivity index (χ0v) is 18.7. The third kappa shape index (κ3) is 4.58. The Morgan fingerprint density at radius 3 is 2.61 bits per heavy atom. The minimum atomic E-state index is -0.362. The molecule has 2 aromatic heterocycles. The summed E-state index contributed by atoms with van der Waals surface area (Å²) < 4.78 is 9.00. The number of ether oxygens (including phenoxy) is 1. The van der Waals surface area contributed by atoms with E-state index in [9.17, 15) is 14.9 Å². The van der Waals surface area contributed by atoms with Crippen LogP contribution < -0.4 is 0 Å². The summed E-state index contributed by atoms with van der Waals surface area (Å²) in [6.07, 6.45) is 6.05. The maximum Gasteiger partial charge on any atom is 0.354 e. The van der Waals surface area contributed by atoms with Gasteiger partial charge in [-0.2, -0.15) is 5.26 Å². The number of piperidine rings is 1. The van der Waals surface area contributed by atoms with Crippen LogP contribution in [0.5, 0.6) is 0 Å². The lowest BCUT2D eigenvalue weighted by Crippen LogP contribution is -2.39. The summed E-state index contributed by atoms with van der Waals surface area (Å²) in [7, 11) is 1.37. The fraction of sp³-hybridized carbons (Fsp3) is 0.458. The van der Waals surface area contributed by atoms with Crippen molar-refractivity contribution in [3.8, 4) is 6.07 Å². The van der Waals surface area contributed by atoms with E-state index >= 15 is 0 Å². The van der Waals surface area contributed by atoms with Gasteiger partial charge in [-0.1, -0.05) is 6.92 Å². The summed E-state index contributed by atoms with van der Waals surface area (Å²) in [6, 6.07) is 7.82. The number of methoxy groups -OCH3 is 1. The Morgan fingerprint density at radius 2 is 2.00 bits per heavy atom. The second-order valence-corrected chi connectivity index (χ2v) is 7.96. The van der Waals surface area contributed by atoms with Crippen LogP contribution in [0, 0.1) is 25.2 Å². The molecule has 3 heterocycles. The molecule has 164 valence electrons. The largest absolute Gasteiger partial charge is 0.464 e. The number of aryl methyl sites for hydroxylation is 1. The van der Waals surface area contributed by atoms with Gasteiger partial charge >= 0.3 is 5.97 Å². The molecule has 7 nitrogen and oxygen atoms in total. The molecule has 0 unspecified atom stereocenters. The molecule has 1 fully saturated rings. The van der Waals surface area contributed by atoms with E-state index in [1.807, 2.05) is 36.7 Å². The van der Waals surface area contributed by atoms with Crippen molar-refractivity contribution in [2.75, 3.05) is 20.2 Å². The normalized spacial score (nSPS) is 15.1. The number of amides is 1. The van der Waals surface area contributed by atoms with Crippen molar-refractivity contribution in [2.24, 2.45) is 0 Å². The summed E-state index contributed by atoms with van der Waals surface area (Å²) in [5.74, 6) is -0.596. The molecule has 1 amide bonds. The van der Waals surface area contributed by atoms with Crippen LogP contribution in [0.15, 0.2) is 30.0 Å². The van der Waals surface area contributed by atoms with Gasteiger partial charge in [-0.25, -0.2) is 4.79 Å². The molecular weight excluding hydrogens is 392 g/mol. The van der Waals surface area contributed by atoms with Gasteiger partial charge in [-0.15, -0.1) is 0 Å². The van der Waals surface area contributed by atoms with Gasteiger partial charge in [0, 0.05) is 43.3 Å². The average molecular weight is 423 g/mol. The van der Waals surface area contributed by atoms with E-state index in [-0.39, 0.29) is 23.5 Å². The van der Waals surface area contributed by atoms with E-state index in [0.29, 0.717) is 31.6 Å². The summed E-state index contributed by atoms with van der Waals surface area (Å²) >= 11 is 0. The lowest BCUT2D eigenvalue weighted by atomic mass is 10.0. The molecule has 0 aliphatic carbocycles. The Balaban J connectivity index is 1.72. The first-order valence-electron chi connectivity index (χ1n) is 10.7. The van der Waals surface area contributed by atoms with Crippen molar-refractivity contribution in [2.45, 2.75) is 52.6 Å². The molecule has 7 heteroatoms. The number of rotatable bonds is 6. The van der Waals surface area contributed by atoms with Crippen LogP contribution in [-0.4, -0.2) is 46.1 Å². The topological polar surface area (TPSA) is 80.3 Å². The molecule has 0 bridgehead atoms. The van der Waals surface area contributed by atoms with Crippen molar-refractivity contribution in [3.63, 3.8) is 0 Å². The van der Waals surface area contributed by atoms with Gasteiger partial charge in [0.25, 0.3) is 5.91 Å². The molecule has 0 saturated carbocycles. The van der Waals surface area contributed by atoms with Gasteiger partial charge in [0.15, 0.2) is 0 Å². The number of hydrogen-bond donors (Lipinski definition) is 0. The highest BCUT2D eigenvalue weighted by molar-refractivity contribution is 6.01. The fourth-order valence-corrected chi connectivity index (χ4v) is 4.35. The van der Waals surface area contributed by atoms with Gasteiger partial charge in [0.2, 0.25) is 0 Å². The van der Waals surface area contributed by atoms with Crippen LogP contribution in [0.2, 0.25) is 0 Å². The highest BCUT2D eigenvalue weighted by Gasteiger charge is 2.27. The molecule has 0 radical (unpaired) electrons. The third-order valence-corrected chi connectivity index (χ3v) is 6.03. The third-order valence-electron chi connectivity index (χ3n) is 6.03. The molecular formula is C24H30N4O3. The monoisotopic (exact) mass is 422 g/mol. The minimum absolute atomic E-state index is 0.121. The molecule has 0 aromatic carbocycles. The van der Waals surface area contributed by atoms with Crippen molar-refractivity contribution in [3.05, 3.63) is 52.6 Å². The fourth-order valence-electron chi connectivity index (χ4n) is 4.35. The second-order valence-electron chi connectivity index (χ2n) is 7.96. The van der Waals surface area contributed by atoms with Crippen LogP contribution >= 0.6 is 0 Å². The average Bonchev–Trinajstić information content (AvgIpc) is 3.37. The number of nitriles is 1. The number of esters is 1. The lowest BCUT2D eigenvalue weighted by Gasteiger charge is -2.33. The van der Waals surface area contributed by atoms with E-state index in [0.717, 1.165) is 29.9 Å². The first kappa shape index (κ1) is 22.4. The first-order valence-corrected chi connectivity index (χ1v) is 10.7. The number of carbonyl (C=O) groups excluding carboxylic acids is 2. The Hall–Kier alpha value is -3.27. The summed E-state index contributed by atoms with van der Waals surface area (Å²) in [6.45, 7) is 8.19. The van der Waals surface area contributed by atoms with Crippen LogP contribution in [-0.2, 0) is 16.1 Å². The molecule has 0 spiro atoms. The minimum Gasteiger partial charge on any atom is -0.464 e. The quantitative estimate of drug-likeness (QED) is 0.402. The van der Waals surface area contributed by atoms with E-state index in [4.69, 9.17) is 4.74 Å². The highest BCUT2D eigenvalue weighted by atomic mass is 16.5. The molecule has 3 rings (SSSR count). The lowest BCUT2D eigenvalue weighted by molar-refractivity contribution is -0.127. The first-order chi connectivity index (χ1) is 14.9. The van der Waals surface area contributed by atoms with Crippen LogP contribution in [0.25, 0.3) is 6.08 Å². The Labute approximate surface area is 183 Å². The Morgan fingerprint density at radius 1 is 1.29 bits per heavy atom. The second kappa shape index (κ2) is 9.69. The molecule has 2 aromatic rings. The van der Waals surface area contributed by atoms with E-state index in [2.05, 4.69) is 17.6 Å². The van der Waals surface area contributed by atoms with Crippen LogP contribution in [0.3, 0.4) is 0 Å². The van der Waals surface area contributed by atoms with E-state index in [1.54, 1.807) is 17.0 Å². The number of carbonyl (C=O) groups is 2. The number of likely N-dealkylation sites (tertiary alicyclic amines) is 1. The molecule has 31 heavy (non-hydrogen) atoms. The van der Waals surface area contributed by atoms with Crippen molar-refractivity contribution in [1.29, 1.82) is 5.26 Å². The van der Waals surface area contributed by atoms with Gasteiger partial charge in [-0.3, -0.25) is 4.79 Å². The number of hydrogen-bond acceptors (Lipinski definition) is 4. The van der Waals surface area contributed by atoms with E-state index < -0.39 is 0 Å². The zero-order valence-electron chi connectivity index (χ0n) is 18.7. The summed E-state index contributed by atoms with van der Waals surface area (Å²) in [5.41, 5.74) is 3.80. The van der Waals surface area contributed by atoms with E-state index in [1.165, 1.54) is 7.11 Å². The molecule has 0 atom stereocenters. The maximum atomic E-state index is 13.0. The highest BCUT2D eigenvalue weighted by Crippen LogP contribution is 2.26. The maximum absolute atomic E-state index is 13.0.